The summed E-state index contributed by atoms with van der Waals surface area (Å²) in [6.07, 6.45) is 1.78. The minimum absolute atomic E-state index is 0.0931. The Morgan fingerprint density at radius 2 is 1.85 bits per heavy atom. The summed E-state index contributed by atoms with van der Waals surface area (Å²) in [6.45, 7) is 8.87. The molecule has 5 heteroatoms. The monoisotopic (exact) mass is 354 g/mol. The Labute approximate surface area is 155 Å². The summed E-state index contributed by atoms with van der Waals surface area (Å²) in [4.78, 5) is 15.5. The fourth-order valence-electron chi connectivity index (χ4n) is 2.23. The molecule has 0 unspecified atom stereocenters. The number of anilines is 1. The molecular weight excluding hydrogens is 328 g/mol. The number of nitrogens with zero attached hydrogens (tertiary/aromatic N) is 1. The average Bonchev–Trinajstić information content (AvgIpc) is 2.60. The number of hydrogen-bond donors (Lipinski definition) is 1. The van der Waals surface area contributed by atoms with Gasteiger partial charge in [-0.1, -0.05) is 13.8 Å². The first-order valence-corrected chi connectivity index (χ1v) is 8.79. The molecule has 138 valence electrons. The lowest BCUT2D eigenvalue weighted by Gasteiger charge is -2.13. The first-order valence-electron chi connectivity index (χ1n) is 8.79. The lowest BCUT2D eigenvalue weighted by Crippen LogP contribution is -2.06. The van der Waals surface area contributed by atoms with Crippen molar-refractivity contribution in [1.29, 1.82) is 0 Å². The van der Waals surface area contributed by atoms with Crippen LogP contribution in [-0.2, 0) is 4.79 Å². The number of aliphatic imine (C=N–C) groups is 1. The molecule has 0 aliphatic carbocycles. The highest BCUT2D eigenvalue weighted by Crippen LogP contribution is 2.28. The number of carbonyl (C=O) groups is 1. The van der Waals surface area contributed by atoms with Gasteiger partial charge in [0, 0.05) is 18.8 Å². The van der Waals surface area contributed by atoms with Gasteiger partial charge in [-0.05, 0) is 60.9 Å². The van der Waals surface area contributed by atoms with Crippen LogP contribution in [0.1, 0.15) is 33.3 Å². The van der Waals surface area contributed by atoms with Crippen molar-refractivity contribution >= 4 is 23.5 Å². The van der Waals surface area contributed by atoms with Crippen LogP contribution in [0.2, 0.25) is 0 Å². The van der Waals surface area contributed by atoms with E-state index in [1.54, 1.807) is 6.21 Å². The zero-order valence-electron chi connectivity index (χ0n) is 15.8. The molecule has 0 saturated carbocycles. The fourth-order valence-corrected chi connectivity index (χ4v) is 2.23. The van der Waals surface area contributed by atoms with Crippen LogP contribution >= 0.6 is 0 Å². The quantitative estimate of drug-likeness (QED) is 0.691. The first-order chi connectivity index (χ1) is 12.5. The molecule has 26 heavy (non-hydrogen) atoms. The lowest BCUT2D eigenvalue weighted by atomic mass is 10.2. The van der Waals surface area contributed by atoms with Gasteiger partial charge in [0.25, 0.3) is 0 Å². The molecule has 0 aliphatic rings. The number of rotatable bonds is 8. The third-order valence-electron chi connectivity index (χ3n) is 3.39. The Hall–Kier alpha value is -2.82. The first kappa shape index (κ1) is 19.5. The average molecular weight is 354 g/mol. The second-order valence-corrected chi connectivity index (χ2v) is 6.33. The van der Waals surface area contributed by atoms with E-state index in [2.05, 4.69) is 24.2 Å². The predicted molar refractivity (Wildman–Crippen MR) is 106 cm³/mol. The van der Waals surface area contributed by atoms with Crippen LogP contribution in [0.25, 0.3) is 0 Å². The molecule has 1 N–H and O–H groups in total. The minimum atomic E-state index is -0.0931. The second-order valence-electron chi connectivity index (χ2n) is 6.33. The van der Waals surface area contributed by atoms with Crippen molar-refractivity contribution in [3.8, 4) is 11.5 Å². The molecule has 0 aromatic heterocycles. The molecule has 0 fully saturated rings. The SMILES string of the molecule is CCOc1cc(C=Nc2ccc(NC(C)=O)cc2)ccc1OCC(C)C. The maximum atomic E-state index is 11.0. The van der Waals surface area contributed by atoms with E-state index in [9.17, 15) is 4.79 Å². The number of carbonyl (C=O) groups excluding carboxylic acids is 1. The van der Waals surface area contributed by atoms with E-state index in [1.807, 2.05) is 49.4 Å². The molecule has 5 nitrogen and oxygen atoms in total. The Balaban J connectivity index is 2.11. The van der Waals surface area contributed by atoms with Gasteiger partial charge in [0.15, 0.2) is 11.5 Å². The van der Waals surface area contributed by atoms with Crippen LogP contribution in [0.15, 0.2) is 47.5 Å². The van der Waals surface area contributed by atoms with Crippen LogP contribution in [0.4, 0.5) is 11.4 Å². The molecule has 0 atom stereocenters. The number of amides is 1. The highest BCUT2D eigenvalue weighted by molar-refractivity contribution is 5.89. The molecule has 0 radical (unpaired) electrons. The Kier molecular flexibility index (Phi) is 7.21. The van der Waals surface area contributed by atoms with Crippen LogP contribution in [0.3, 0.4) is 0 Å². The maximum Gasteiger partial charge on any atom is 0.221 e. The van der Waals surface area contributed by atoms with Gasteiger partial charge in [0.05, 0.1) is 18.9 Å². The van der Waals surface area contributed by atoms with Crippen molar-refractivity contribution in [2.24, 2.45) is 10.9 Å². The molecule has 0 heterocycles. The smallest absolute Gasteiger partial charge is 0.221 e. The van der Waals surface area contributed by atoms with Crippen molar-refractivity contribution in [2.75, 3.05) is 18.5 Å². The number of benzene rings is 2. The Morgan fingerprint density at radius 1 is 1.12 bits per heavy atom. The van der Waals surface area contributed by atoms with Crippen LogP contribution < -0.4 is 14.8 Å². The molecule has 0 aliphatic heterocycles. The summed E-state index contributed by atoms with van der Waals surface area (Å²) >= 11 is 0. The van der Waals surface area contributed by atoms with Crippen LogP contribution in [0.5, 0.6) is 11.5 Å². The summed E-state index contributed by atoms with van der Waals surface area (Å²) in [5.74, 6) is 1.83. The third-order valence-corrected chi connectivity index (χ3v) is 3.39. The maximum absolute atomic E-state index is 11.0. The second kappa shape index (κ2) is 9.61. The summed E-state index contributed by atoms with van der Waals surface area (Å²) in [5, 5.41) is 2.73. The van der Waals surface area contributed by atoms with E-state index in [4.69, 9.17) is 9.47 Å². The van der Waals surface area contributed by atoms with Gasteiger partial charge in [0.1, 0.15) is 0 Å². The molecule has 0 bridgehead atoms. The van der Waals surface area contributed by atoms with E-state index in [1.165, 1.54) is 6.92 Å². The van der Waals surface area contributed by atoms with E-state index >= 15 is 0 Å². The van der Waals surface area contributed by atoms with Crippen molar-refractivity contribution < 1.29 is 14.3 Å². The predicted octanol–water partition coefficient (Wildman–Crippen LogP) is 4.83. The summed E-state index contributed by atoms with van der Waals surface area (Å²) in [6, 6.07) is 13.1. The van der Waals surface area contributed by atoms with Gasteiger partial charge in [-0.3, -0.25) is 9.79 Å². The van der Waals surface area contributed by atoms with Gasteiger partial charge in [-0.15, -0.1) is 0 Å². The minimum Gasteiger partial charge on any atom is -0.490 e. The largest absolute Gasteiger partial charge is 0.490 e. The highest BCUT2D eigenvalue weighted by atomic mass is 16.5. The Morgan fingerprint density at radius 3 is 2.46 bits per heavy atom. The van der Waals surface area contributed by atoms with Crippen molar-refractivity contribution in [2.45, 2.75) is 27.7 Å². The van der Waals surface area contributed by atoms with E-state index < -0.39 is 0 Å². The topological polar surface area (TPSA) is 59.9 Å². The summed E-state index contributed by atoms with van der Waals surface area (Å²) < 4.78 is 11.5. The van der Waals surface area contributed by atoms with E-state index in [0.717, 1.165) is 28.4 Å². The van der Waals surface area contributed by atoms with Crippen molar-refractivity contribution in [3.05, 3.63) is 48.0 Å². The van der Waals surface area contributed by atoms with E-state index in [-0.39, 0.29) is 5.91 Å². The molecule has 1 amide bonds. The van der Waals surface area contributed by atoms with Gasteiger partial charge >= 0.3 is 0 Å². The third kappa shape index (κ3) is 6.24. The van der Waals surface area contributed by atoms with Gasteiger partial charge in [-0.25, -0.2) is 0 Å². The fraction of sp³-hybridized carbons (Fsp3) is 0.333. The highest BCUT2D eigenvalue weighted by Gasteiger charge is 2.07. The normalized spacial score (nSPS) is 11.0. The lowest BCUT2D eigenvalue weighted by molar-refractivity contribution is -0.114. The summed E-state index contributed by atoms with van der Waals surface area (Å²) in [7, 11) is 0. The zero-order chi connectivity index (χ0) is 18.9. The molecular formula is C21H26N2O3. The molecule has 2 rings (SSSR count). The molecule has 2 aromatic carbocycles. The standard InChI is InChI=1S/C21H26N2O3/c1-5-25-21-12-17(6-11-20(21)26-14-15(2)3)13-22-18-7-9-19(10-8-18)23-16(4)24/h6-13,15H,5,14H2,1-4H3,(H,23,24). The van der Waals surface area contributed by atoms with E-state index in [0.29, 0.717) is 19.1 Å². The number of nitrogens with one attached hydrogen (secondary N) is 1. The van der Waals surface area contributed by atoms with Crippen molar-refractivity contribution in [3.63, 3.8) is 0 Å². The van der Waals surface area contributed by atoms with Gasteiger partial charge in [-0.2, -0.15) is 0 Å². The number of hydrogen-bond acceptors (Lipinski definition) is 4. The summed E-state index contributed by atoms with van der Waals surface area (Å²) in [5.41, 5.74) is 2.48. The van der Waals surface area contributed by atoms with Crippen LogP contribution in [-0.4, -0.2) is 25.3 Å². The zero-order valence-corrected chi connectivity index (χ0v) is 15.8. The van der Waals surface area contributed by atoms with Gasteiger partial charge < -0.3 is 14.8 Å². The molecule has 0 spiro atoms. The van der Waals surface area contributed by atoms with Crippen molar-refractivity contribution in [1.82, 2.24) is 0 Å². The van der Waals surface area contributed by atoms with Crippen LogP contribution in [0, 0.1) is 5.92 Å². The molecule has 2 aromatic rings. The number of ether oxygens (including phenoxy) is 2. The van der Waals surface area contributed by atoms with Gasteiger partial charge in [0.2, 0.25) is 5.91 Å². The Bertz CT molecular complexity index is 752. The molecule has 0 saturated heterocycles.